The quantitative estimate of drug-likeness (QED) is 0.506. The number of ether oxygens (including phenoxy) is 2. The first-order chi connectivity index (χ1) is 4.91. The van der Waals surface area contributed by atoms with Crippen molar-refractivity contribution in [3.8, 4) is 0 Å². The largest absolute Gasteiger partial charge is 0.378 e. The Bertz CT molecular complexity index is 108. The van der Waals surface area contributed by atoms with Crippen molar-refractivity contribution in [3.63, 3.8) is 0 Å². The molecule has 0 unspecified atom stereocenters. The summed E-state index contributed by atoms with van der Waals surface area (Å²) in [5.41, 5.74) is 0.441. The maximum atomic E-state index is 5.43. The Kier molecular flexibility index (Phi) is 1.66. The summed E-state index contributed by atoms with van der Waals surface area (Å²) in [4.78, 5) is 0. The number of hydrogen-bond acceptors (Lipinski definition) is 2. The Balaban J connectivity index is 1.92. The zero-order valence-corrected chi connectivity index (χ0v) is 6.27. The average molecular weight is 142 g/mol. The Hall–Kier alpha value is -0.0800. The highest BCUT2D eigenvalue weighted by atomic mass is 16.5. The molecule has 2 fully saturated rings. The van der Waals surface area contributed by atoms with Crippen LogP contribution in [-0.4, -0.2) is 26.4 Å². The molecule has 58 valence electrons. The Morgan fingerprint density at radius 2 is 1.50 bits per heavy atom. The smallest absolute Gasteiger partial charge is 0.0700 e. The second kappa shape index (κ2) is 2.51. The minimum Gasteiger partial charge on any atom is -0.378 e. The van der Waals surface area contributed by atoms with Gasteiger partial charge in [0.1, 0.15) is 0 Å². The van der Waals surface area contributed by atoms with Crippen molar-refractivity contribution < 1.29 is 9.47 Å². The summed E-state index contributed by atoms with van der Waals surface area (Å²) in [6.07, 6.45) is 3.99. The van der Waals surface area contributed by atoms with Crippen molar-refractivity contribution >= 4 is 0 Å². The lowest BCUT2D eigenvalue weighted by Crippen LogP contribution is -2.37. The first-order valence-corrected chi connectivity index (χ1v) is 4.07. The lowest BCUT2D eigenvalue weighted by molar-refractivity contribution is -0.0104. The maximum Gasteiger partial charge on any atom is 0.0700 e. The molecule has 1 saturated heterocycles. The minimum atomic E-state index is 0.441. The van der Waals surface area contributed by atoms with E-state index in [0.717, 1.165) is 26.4 Å². The highest BCUT2D eigenvalue weighted by molar-refractivity contribution is 4.88. The van der Waals surface area contributed by atoms with Gasteiger partial charge in [0.25, 0.3) is 0 Å². The molecule has 0 aromatic heterocycles. The lowest BCUT2D eigenvalue weighted by Gasteiger charge is -2.39. The second-order valence-corrected chi connectivity index (χ2v) is 3.46. The summed E-state index contributed by atoms with van der Waals surface area (Å²) in [6.45, 7) is 3.46. The van der Waals surface area contributed by atoms with Crippen LogP contribution in [0.1, 0.15) is 19.3 Å². The third-order valence-corrected chi connectivity index (χ3v) is 2.60. The van der Waals surface area contributed by atoms with E-state index in [1.54, 1.807) is 0 Å². The third-order valence-electron chi connectivity index (χ3n) is 2.60. The van der Waals surface area contributed by atoms with Crippen molar-refractivity contribution in [2.45, 2.75) is 19.3 Å². The molecule has 10 heavy (non-hydrogen) atoms. The number of rotatable bonds is 0. The molecule has 0 aromatic rings. The van der Waals surface area contributed by atoms with E-state index in [1.807, 2.05) is 0 Å². The van der Waals surface area contributed by atoms with Crippen LogP contribution in [0.5, 0.6) is 0 Å². The molecule has 0 atom stereocenters. The molecule has 1 aliphatic carbocycles. The summed E-state index contributed by atoms with van der Waals surface area (Å²) in [5.74, 6) is 0. The summed E-state index contributed by atoms with van der Waals surface area (Å²) < 4.78 is 10.9. The van der Waals surface area contributed by atoms with Crippen molar-refractivity contribution in [1.82, 2.24) is 0 Å². The van der Waals surface area contributed by atoms with Crippen LogP contribution in [0.15, 0.2) is 0 Å². The molecule has 1 aliphatic heterocycles. The van der Waals surface area contributed by atoms with Crippen LogP contribution in [0, 0.1) is 5.41 Å². The predicted octanol–water partition coefficient (Wildman–Crippen LogP) is 1.20. The molecule has 0 N–H and O–H groups in total. The molecule has 1 saturated carbocycles. The molecule has 2 nitrogen and oxygen atoms in total. The molecule has 1 spiro atoms. The monoisotopic (exact) mass is 142 g/mol. The zero-order chi connectivity index (χ0) is 6.86. The molecule has 0 aromatic carbocycles. The molecule has 0 amide bonds. The lowest BCUT2D eigenvalue weighted by atomic mass is 9.70. The van der Waals surface area contributed by atoms with E-state index in [-0.39, 0.29) is 0 Å². The van der Waals surface area contributed by atoms with Crippen LogP contribution >= 0.6 is 0 Å². The fraction of sp³-hybridized carbons (Fsp3) is 1.00. The van der Waals surface area contributed by atoms with Gasteiger partial charge in [-0.2, -0.15) is 0 Å². The van der Waals surface area contributed by atoms with Gasteiger partial charge in [0, 0.05) is 5.41 Å². The number of hydrogen-bond donors (Lipinski definition) is 0. The molecule has 2 aliphatic rings. The van der Waals surface area contributed by atoms with E-state index in [2.05, 4.69) is 0 Å². The van der Waals surface area contributed by atoms with Crippen molar-refractivity contribution in [3.05, 3.63) is 0 Å². The second-order valence-electron chi connectivity index (χ2n) is 3.46. The molecule has 2 rings (SSSR count). The molecule has 0 bridgehead atoms. The van der Waals surface area contributed by atoms with E-state index < -0.39 is 0 Å². The summed E-state index contributed by atoms with van der Waals surface area (Å²) in [5, 5.41) is 0. The van der Waals surface area contributed by atoms with Crippen LogP contribution in [0.4, 0.5) is 0 Å². The van der Waals surface area contributed by atoms with Crippen LogP contribution < -0.4 is 0 Å². The predicted molar refractivity (Wildman–Crippen MR) is 37.9 cm³/mol. The summed E-state index contributed by atoms with van der Waals surface area (Å²) in [7, 11) is 0. The van der Waals surface area contributed by atoms with Gasteiger partial charge in [-0.15, -0.1) is 0 Å². The molecule has 2 heteroatoms. The van der Waals surface area contributed by atoms with Crippen molar-refractivity contribution in [2.75, 3.05) is 26.4 Å². The normalized spacial score (nSPS) is 31.2. The third kappa shape index (κ3) is 1.06. The SMILES string of the molecule is C1CC2(C1)COCCOC2. The molecular weight excluding hydrogens is 128 g/mol. The van der Waals surface area contributed by atoms with Crippen molar-refractivity contribution in [1.29, 1.82) is 0 Å². The fourth-order valence-corrected chi connectivity index (χ4v) is 1.70. The highest BCUT2D eigenvalue weighted by Crippen LogP contribution is 2.41. The van der Waals surface area contributed by atoms with Gasteiger partial charge in [0.2, 0.25) is 0 Å². The molecular formula is C8H14O2. The van der Waals surface area contributed by atoms with E-state index in [9.17, 15) is 0 Å². The maximum absolute atomic E-state index is 5.43. The van der Waals surface area contributed by atoms with E-state index in [4.69, 9.17) is 9.47 Å². The summed E-state index contributed by atoms with van der Waals surface area (Å²) in [6, 6.07) is 0. The highest BCUT2D eigenvalue weighted by Gasteiger charge is 2.38. The van der Waals surface area contributed by atoms with Gasteiger partial charge in [0.15, 0.2) is 0 Å². The first-order valence-electron chi connectivity index (χ1n) is 4.07. The van der Waals surface area contributed by atoms with Crippen LogP contribution in [0.2, 0.25) is 0 Å². The van der Waals surface area contributed by atoms with Crippen LogP contribution in [0.25, 0.3) is 0 Å². The fourth-order valence-electron chi connectivity index (χ4n) is 1.70. The zero-order valence-electron chi connectivity index (χ0n) is 6.27. The van der Waals surface area contributed by atoms with E-state index >= 15 is 0 Å². The van der Waals surface area contributed by atoms with Crippen molar-refractivity contribution in [2.24, 2.45) is 5.41 Å². The van der Waals surface area contributed by atoms with Gasteiger partial charge in [-0.1, -0.05) is 6.42 Å². The average Bonchev–Trinajstić information content (AvgIpc) is 2.08. The Labute approximate surface area is 61.5 Å². The topological polar surface area (TPSA) is 18.5 Å². The summed E-state index contributed by atoms with van der Waals surface area (Å²) >= 11 is 0. The van der Waals surface area contributed by atoms with Gasteiger partial charge in [0.05, 0.1) is 26.4 Å². The van der Waals surface area contributed by atoms with Gasteiger partial charge >= 0.3 is 0 Å². The van der Waals surface area contributed by atoms with Gasteiger partial charge in [-0.05, 0) is 12.8 Å². The Morgan fingerprint density at radius 1 is 0.900 bits per heavy atom. The van der Waals surface area contributed by atoms with Gasteiger partial charge in [-0.25, -0.2) is 0 Å². The van der Waals surface area contributed by atoms with Crippen LogP contribution in [-0.2, 0) is 9.47 Å². The van der Waals surface area contributed by atoms with Gasteiger partial charge in [-0.3, -0.25) is 0 Å². The molecule has 0 radical (unpaired) electrons. The van der Waals surface area contributed by atoms with E-state index in [0.29, 0.717) is 5.41 Å². The first kappa shape index (κ1) is 6.62. The minimum absolute atomic E-state index is 0.441. The van der Waals surface area contributed by atoms with Gasteiger partial charge < -0.3 is 9.47 Å². The molecule has 1 heterocycles. The standard InChI is InChI=1S/C8H14O2/c1-2-8(3-1)6-9-4-5-10-7-8/h1-7H2. The Morgan fingerprint density at radius 3 is 1.90 bits per heavy atom. The van der Waals surface area contributed by atoms with Crippen LogP contribution in [0.3, 0.4) is 0 Å². The van der Waals surface area contributed by atoms with E-state index in [1.165, 1.54) is 19.3 Å².